The number of ether oxygens (including phenoxy) is 1. The number of piperazine rings is 1. The van der Waals surface area contributed by atoms with Crippen molar-refractivity contribution >= 4 is 34.4 Å². The zero-order valence-corrected chi connectivity index (χ0v) is 23.6. The number of halogens is 6. The molecule has 3 heterocycles. The van der Waals surface area contributed by atoms with Gasteiger partial charge in [-0.15, -0.1) is 11.8 Å². The number of aromatic nitrogens is 2. The molecular weight excluding hydrogens is 586 g/mol. The zero-order valence-electron chi connectivity index (χ0n) is 22.8. The number of benzene rings is 2. The molecular formula is C28H26F6N4O3S. The summed E-state index contributed by atoms with van der Waals surface area (Å²) in [5.74, 6) is -4.63. The Labute approximate surface area is 240 Å². The van der Waals surface area contributed by atoms with E-state index in [2.05, 4.69) is 11.6 Å². The van der Waals surface area contributed by atoms with Crippen molar-refractivity contribution in [2.45, 2.75) is 43.0 Å². The molecule has 0 spiro atoms. The van der Waals surface area contributed by atoms with E-state index in [1.165, 1.54) is 17.8 Å². The van der Waals surface area contributed by atoms with Crippen LogP contribution in [0.15, 0.2) is 40.5 Å². The van der Waals surface area contributed by atoms with Gasteiger partial charge in [-0.25, -0.2) is 18.0 Å². The molecule has 0 aliphatic carbocycles. The van der Waals surface area contributed by atoms with Crippen molar-refractivity contribution < 1.29 is 35.9 Å². The van der Waals surface area contributed by atoms with Crippen LogP contribution in [0, 0.1) is 17.5 Å². The van der Waals surface area contributed by atoms with Gasteiger partial charge in [0.05, 0.1) is 29.3 Å². The molecule has 5 rings (SSSR count). The Morgan fingerprint density at radius 3 is 2.29 bits per heavy atom. The first-order chi connectivity index (χ1) is 19.8. The van der Waals surface area contributed by atoms with Gasteiger partial charge in [0.2, 0.25) is 5.91 Å². The van der Waals surface area contributed by atoms with Gasteiger partial charge in [-0.3, -0.25) is 9.36 Å². The molecule has 3 aromatic rings. The minimum absolute atomic E-state index is 0.0133. The molecule has 7 nitrogen and oxygen atoms in total. The lowest BCUT2D eigenvalue weighted by Crippen LogP contribution is -2.58. The highest BCUT2D eigenvalue weighted by atomic mass is 32.2. The first-order valence-electron chi connectivity index (χ1n) is 12.9. The maximum absolute atomic E-state index is 15.1. The van der Waals surface area contributed by atoms with Crippen LogP contribution in [-0.4, -0.2) is 65.0 Å². The molecule has 1 aromatic heterocycles. The van der Waals surface area contributed by atoms with E-state index in [0.717, 1.165) is 17.8 Å². The zero-order chi connectivity index (χ0) is 30.7. The maximum Gasteiger partial charge on any atom is 0.417 e. The van der Waals surface area contributed by atoms with Gasteiger partial charge in [0, 0.05) is 66.0 Å². The van der Waals surface area contributed by atoms with Crippen molar-refractivity contribution in [2.75, 3.05) is 37.5 Å². The quantitative estimate of drug-likeness (QED) is 0.284. The molecule has 2 aliphatic rings. The number of carbonyl (C=O) groups excluding carboxylic acids is 1. The first-order valence-corrected chi connectivity index (χ1v) is 13.9. The lowest BCUT2D eigenvalue weighted by molar-refractivity contribution is -0.137. The van der Waals surface area contributed by atoms with E-state index in [1.807, 2.05) is 0 Å². The SMILES string of the molecule is C=CC(=O)N1C(C)CN(c2nc(=O)n3c4c(c(-c5c(F)cc(F)cc5F)c(C(F)(F)F)cc24)SCC3COC)CC1C. The highest BCUT2D eigenvalue weighted by molar-refractivity contribution is 7.99. The second kappa shape index (κ2) is 11.0. The Bertz CT molecular complexity index is 1620. The van der Waals surface area contributed by atoms with Gasteiger partial charge < -0.3 is 14.5 Å². The third-order valence-electron chi connectivity index (χ3n) is 7.50. The summed E-state index contributed by atoms with van der Waals surface area (Å²) in [6.07, 6.45) is -3.92. The summed E-state index contributed by atoms with van der Waals surface area (Å²) in [6.45, 7) is 7.34. The number of alkyl halides is 3. The molecule has 2 aromatic carbocycles. The van der Waals surface area contributed by atoms with E-state index in [9.17, 15) is 27.2 Å². The Morgan fingerprint density at radius 1 is 1.12 bits per heavy atom. The number of anilines is 1. The molecule has 1 fully saturated rings. The molecule has 0 saturated carbocycles. The van der Waals surface area contributed by atoms with Crippen LogP contribution in [0.1, 0.15) is 25.5 Å². The van der Waals surface area contributed by atoms with Gasteiger partial charge in [-0.2, -0.15) is 18.2 Å². The molecule has 1 saturated heterocycles. The molecule has 42 heavy (non-hydrogen) atoms. The molecule has 0 N–H and O–H groups in total. The number of amides is 1. The highest BCUT2D eigenvalue weighted by Gasteiger charge is 2.41. The molecule has 3 unspecified atom stereocenters. The Morgan fingerprint density at radius 2 is 1.74 bits per heavy atom. The normalized spacial score (nSPS) is 20.7. The smallest absolute Gasteiger partial charge is 0.383 e. The van der Waals surface area contributed by atoms with Crippen molar-refractivity contribution in [3.05, 3.63) is 64.4 Å². The lowest BCUT2D eigenvalue weighted by atomic mass is 9.95. The van der Waals surface area contributed by atoms with Crippen LogP contribution in [0.5, 0.6) is 0 Å². The standard InChI is InChI=1S/C28H26F6N4O3S/c1-5-21(39)37-13(2)9-36(10-14(37)3)26-17-8-18(28(32,33)34)22(23-19(30)6-15(29)7-20(23)31)25-24(17)38(27(40)35-26)16(11-41-4)12-42-25/h5-8,13-14,16H,1,9-12H2,2-4H3. The van der Waals surface area contributed by atoms with E-state index >= 15 is 8.78 Å². The Hall–Kier alpha value is -3.52. The summed E-state index contributed by atoms with van der Waals surface area (Å²) in [7, 11) is 1.40. The fourth-order valence-electron chi connectivity index (χ4n) is 5.94. The molecule has 0 radical (unpaired) electrons. The van der Waals surface area contributed by atoms with Crippen molar-refractivity contribution in [1.82, 2.24) is 14.5 Å². The highest BCUT2D eigenvalue weighted by Crippen LogP contribution is 2.51. The van der Waals surface area contributed by atoms with E-state index in [1.54, 1.807) is 23.6 Å². The van der Waals surface area contributed by atoms with Crippen LogP contribution in [0.2, 0.25) is 0 Å². The van der Waals surface area contributed by atoms with Gasteiger partial charge in [0.25, 0.3) is 0 Å². The number of nitrogens with zero attached hydrogens (tertiary/aromatic N) is 4. The number of rotatable bonds is 5. The van der Waals surface area contributed by atoms with Gasteiger partial charge >= 0.3 is 11.9 Å². The molecule has 2 aliphatic heterocycles. The molecule has 3 atom stereocenters. The number of thioether (sulfide) groups is 1. The third kappa shape index (κ3) is 4.93. The van der Waals surface area contributed by atoms with Crippen molar-refractivity contribution in [3.8, 4) is 11.1 Å². The van der Waals surface area contributed by atoms with Crippen LogP contribution in [0.25, 0.3) is 22.0 Å². The molecule has 0 bridgehead atoms. The van der Waals surface area contributed by atoms with Crippen molar-refractivity contribution in [3.63, 3.8) is 0 Å². The van der Waals surface area contributed by atoms with E-state index < -0.39 is 64.1 Å². The Balaban J connectivity index is 1.86. The fraction of sp³-hybridized carbons (Fsp3) is 0.393. The number of methoxy groups -OCH3 is 1. The van der Waals surface area contributed by atoms with Gasteiger partial charge in [-0.1, -0.05) is 6.58 Å². The summed E-state index contributed by atoms with van der Waals surface area (Å²) in [4.78, 5) is 33.2. The van der Waals surface area contributed by atoms with Crippen molar-refractivity contribution in [2.24, 2.45) is 0 Å². The fourth-order valence-corrected chi connectivity index (χ4v) is 7.24. The first kappa shape index (κ1) is 30.0. The minimum atomic E-state index is -5.09. The van der Waals surface area contributed by atoms with E-state index in [-0.39, 0.29) is 53.0 Å². The van der Waals surface area contributed by atoms with Gasteiger partial charge in [0.1, 0.15) is 23.3 Å². The second-order valence-electron chi connectivity index (χ2n) is 10.3. The molecule has 1 amide bonds. The minimum Gasteiger partial charge on any atom is -0.383 e. The predicted octanol–water partition coefficient (Wildman–Crippen LogP) is 5.40. The maximum atomic E-state index is 15.1. The average molecular weight is 613 g/mol. The third-order valence-corrected chi connectivity index (χ3v) is 8.74. The van der Waals surface area contributed by atoms with Crippen LogP contribution in [0.4, 0.5) is 32.2 Å². The largest absolute Gasteiger partial charge is 0.417 e. The lowest BCUT2D eigenvalue weighted by Gasteiger charge is -2.45. The summed E-state index contributed by atoms with van der Waals surface area (Å²) in [5, 5.41) is -0.0557. The number of carbonyl (C=O) groups is 1. The monoisotopic (exact) mass is 612 g/mol. The van der Waals surface area contributed by atoms with Gasteiger partial charge in [-0.05, 0) is 26.0 Å². The summed E-state index contributed by atoms with van der Waals surface area (Å²) < 4.78 is 94.4. The van der Waals surface area contributed by atoms with E-state index in [4.69, 9.17) is 4.74 Å². The topological polar surface area (TPSA) is 67.7 Å². The van der Waals surface area contributed by atoms with Crippen LogP contribution in [-0.2, 0) is 15.7 Å². The summed E-state index contributed by atoms with van der Waals surface area (Å²) in [6, 6.07) is -0.100. The Kier molecular flexibility index (Phi) is 7.81. The number of hydrogen-bond acceptors (Lipinski definition) is 6. The summed E-state index contributed by atoms with van der Waals surface area (Å²) >= 11 is 0.898. The second-order valence-corrected chi connectivity index (χ2v) is 11.4. The summed E-state index contributed by atoms with van der Waals surface area (Å²) in [5.41, 5.74) is -3.99. The molecule has 224 valence electrons. The van der Waals surface area contributed by atoms with Crippen LogP contribution < -0.4 is 10.6 Å². The van der Waals surface area contributed by atoms with Crippen molar-refractivity contribution in [1.29, 1.82) is 0 Å². The van der Waals surface area contributed by atoms with Crippen LogP contribution in [0.3, 0.4) is 0 Å². The predicted molar refractivity (Wildman–Crippen MR) is 146 cm³/mol. The van der Waals surface area contributed by atoms with E-state index in [0.29, 0.717) is 12.1 Å². The average Bonchev–Trinajstić information content (AvgIpc) is 2.89. The number of hydrogen-bond donors (Lipinski definition) is 0. The van der Waals surface area contributed by atoms with Crippen LogP contribution >= 0.6 is 11.8 Å². The van der Waals surface area contributed by atoms with Gasteiger partial charge in [0.15, 0.2) is 0 Å². The molecule has 14 heteroatoms.